The summed E-state index contributed by atoms with van der Waals surface area (Å²) in [4.78, 5) is 23.5. The molecule has 1 amide bonds. The first kappa shape index (κ1) is 21.4. The van der Waals surface area contributed by atoms with Gasteiger partial charge in [-0.3, -0.25) is 14.3 Å². The summed E-state index contributed by atoms with van der Waals surface area (Å²) < 4.78 is 39.6. The first-order valence-corrected chi connectivity index (χ1v) is 11.0. The molecule has 0 aromatic heterocycles. The molecule has 10 heteroatoms. The number of hydrogen-bond acceptors (Lipinski definition) is 5. The van der Waals surface area contributed by atoms with E-state index >= 15 is 0 Å². The van der Waals surface area contributed by atoms with Crippen molar-refractivity contribution >= 4 is 33.3 Å². The number of halogens is 1. The van der Waals surface area contributed by atoms with Crippen LogP contribution in [0.15, 0.2) is 53.6 Å². The molecule has 0 aliphatic carbocycles. The minimum Gasteiger partial charge on any atom is -0.481 e. The zero-order valence-electron chi connectivity index (χ0n) is 16.1. The number of nitrogens with one attached hydrogen (secondary N) is 1. The van der Waals surface area contributed by atoms with Gasteiger partial charge in [0.1, 0.15) is 5.82 Å². The number of carbonyl (C=O) groups excluding carboxylic acids is 1. The van der Waals surface area contributed by atoms with Crippen molar-refractivity contribution in [3.05, 3.63) is 65.5 Å². The molecule has 0 spiro atoms. The van der Waals surface area contributed by atoms with Crippen molar-refractivity contribution in [3.8, 4) is 0 Å². The highest BCUT2D eigenvalue weighted by molar-refractivity contribution is 7.92. The molecule has 30 heavy (non-hydrogen) atoms. The van der Waals surface area contributed by atoms with Crippen LogP contribution in [0.2, 0.25) is 0 Å². The number of sulfonamides is 1. The Hall–Kier alpha value is -3.27. The van der Waals surface area contributed by atoms with Gasteiger partial charge >= 0.3 is 5.97 Å². The summed E-state index contributed by atoms with van der Waals surface area (Å²) in [6.07, 6.45) is 0.617. The maximum absolute atomic E-state index is 13.8. The Balaban J connectivity index is 1.99. The van der Waals surface area contributed by atoms with Crippen LogP contribution in [-0.2, 0) is 19.6 Å². The van der Waals surface area contributed by atoms with Gasteiger partial charge in [0.05, 0.1) is 30.1 Å². The van der Waals surface area contributed by atoms with E-state index in [1.54, 1.807) is 30.3 Å². The molecule has 1 aliphatic heterocycles. The summed E-state index contributed by atoms with van der Waals surface area (Å²) >= 11 is 0. The maximum atomic E-state index is 13.8. The van der Waals surface area contributed by atoms with E-state index in [1.807, 2.05) is 0 Å². The van der Waals surface area contributed by atoms with E-state index in [0.29, 0.717) is 22.5 Å². The van der Waals surface area contributed by atoms with Gasteiger partial charge in [0.2, 0.25) is 15.9 Å². The number of benzene rings is 2. The molecule has 8 nitrogen and oxygen atoms in total. The normalized spacial score (nSPS) is 16.3. The van der Waals surface area contributed by atoms with Gasteiger partial charge in [-0.1, -0.05) is 30.3 Å². The lowest BCUT2D eigenvalue weighted by Gasteiger charge is -2.22. The number of amides is 1. The van der Waals surface area contributed by atoms with Crippen LogP contribution >= 0.6 is 0 Å². The number of nitrogens with zero attached hydrogens (tertiary/aromatic N) is 2. The molecule has 0 fully saturated rings. The van der Waals surface area contributed by atoms with Crippen LogP contribution < -0.4 is 4.72 Å². The second-order valence-corrected chi connectivity index (χ2v) is 8.62. The van der Waals surface area contributed by atoms with Crippen molar-refractivity contribution in [3.63, 3.8) is 0 Å². The van der Waals surface area contributed by atoms with Gasteiger partial charge in [-0.15, -0.1) is 0 Å². The lowest BCUT2D eigenvalue weighted by Crippen LogP contribution is -2.27. The fourth-order valence-electron chi connectivity index (χ4n) is 3.23. The molecule has 2 aromatic carbocycles. The lowest BCUT2D eigenvalue weighted by atomic mass is 9.97. The van der Waals surface area contributed by atoms with Crippen molar-refractivity contribution < 1.29 is 27.5 Å². The zero-order valence-corrected chi connectivity index (χ0v) is 16.9. The number of carbonyl (C=O) groups is 2. The largest absolute Gasteiger partial charge is 0.481 e. The molecule has 3 rings (SSSR count). The van der Waals surface area contributed by atoms with Gasteiger partial charge in [0.25, 0.3) is 0 Å². The SMILES string of the molecule is CS(=O)(=O)Nc1ccccc1C1=NN(C(=O)CCC(=O)O)[C@H](c2cccc(F)c2)C1. The molecule has 2 N–H and O–H groups in total. The van der Waals surface area contributed by atoms with Crippen LogP contribution in [-0.4, -0.2) is 42.4 Å². The number of anilines is 1. The van der Waals surface area contributed by atoms with Crippen LogP contribution in [0.1, 0.15) is 36.4 Å². The van der Waals surface area contributed by atoms with Crippen LogP contribution in [0, 0.1) is 5.82 Å². The minimum atomic E-state index is -3.55. The van der Waals surface area contributed by atoms with Crippen LogP contribution in [0.5, 0.6) is 0 Å². The smallest absolute Gasteiger partial charge is 0.303 e. The summed E-state index contributed by atoms with van der Waals surface area (Å²) in [5, 5.41) is 14.4. The van der Waals surface area contributed by atoms with Crippen LogP contribution in [0.4, 0.5) is 10.1 Å². The molecule has 2 aromatic rings. The molecule has 0 saturated carbocycles. The second kappa shape index (κ2) is 8.62. The van der Waals surface area contributed by atoms with E-state index in [-0.39, 0.29) is 19.3 Å². The predicted molar refractivity (Wildman–Crippen MR) is 109 cm³/mol. The van der Waals surface area contributed by atoms with Crippen molar-refractivity contribution in [2.24, 2.45) is 5.10 Å². The topological polar surface area (TPSA) is 116 Å². The Labute approximate surface area is 173 Å². The van der Waals surface area contributed by atoms with E-state index in [1.165, 1.54) is 18.2 Å². The van der Waals surface area contributed by atoms with Crippen molar-refractivity contribution in [2.75, 3.05) is 11.0 Å². The van der Waals surface area contributed by atoms with Gasteiger partial charge in [0, 0.05) is 18.4 Å². The Bertz CT molecular complexity index is 1120. The molecule has 0 unspecified atom stereocenters. The number of hydrazone groups is 1. The predicted octanol–water partition coefficient (Wildman–Crippen LogP) is 2.74. The molecule has 1 atom stereocenters. The van der Waals surface area contributed by atoms with Crippen LogP contribution in [0.3, 0.4) is 0 Å². The van der Waals surface area contributed by atoms with Gasteiger partial charge in [-0.2, -0.15) is 5.10 Å². The Morgan fingerprint density at radius 3 is 2.60 bits per heavy atom. The fourth-order valence-corrected chi connectivity index (χ4v) is 3.81. The first-order chi connectivity index (χ1) is 14.1. The molecule has 0 saturated heterocycles. The van der Waals surface area contributed by atoms with E-state index in [4.69, 9.17) is 5.11 Å². The van der Waals surface area contributed by atoms with Crippen molar-refractivity contribution in [1.29, 1.82) is 0 Å². The third kappa shape index (κ3) is 5.20. The number of hydrogen-bond donors (Lipinski definition) is 2. The summed E-state index contributed by atoms with van der Waals surface area (Å²) in [6.45, 7) is 0. The maximum Gasteiger partial charge on any atom is 0.303 e. The number of aliphatic carboxylic acids is 1. The second-order valence-electron chi connectivity index (χ2n) is 6.87. The standard InChI is InChI=1S/C20H20FN3O5S/c1-30(28,29)23-16-8-3-2-7-15(16)17-12-18(13-5-4-6-14(21)11-13)24(22-17)19(25)9-10-20(26)27/h2-8,11,18,23H,9-10,12H2,1H3,(H,26,27)/t18-/m0/s1. The van der Waals surface area contributed by atoms with Gasteiger partial charge < -0.3 is 5.11 Å². The number of rotatable bonds is 7. The van der Waals surface area contributed by atoms with E-state index in [2.05, 4.69) is 9.82 Å². The Morgan fingerprint density at radius 2 is 1.93 bits per heavy atom. The van der Waals surface area contributed by atoms with E-state index in [9.17, 15) is 22.4 Å². The summed E-state index contributed by atoms with van der Waals surface area (Å²) in [5.74, 6) is -2.11. The molecule has 0 bridgehead atoms. The summed E-state index contributed by atoms with van der Waals surface area (Å²) in [7, 11) is -3.55. The molecular formula is C20H20FN3O5S. The van der Waals surface area contributed by atoms with Gasteiger partial charge in [-0.25, -0.2) is 17.8 Å². The fraction of sp³-hybridized carbons (Fsp3) is 0.250. The van der Waals surface area contributed by atoms with Crippen molar-refractivity contribution in [2.45, 2.75) is 25.3 Å². The van der Waals surface area contributed by atoms with Crippen molar-refractivity contribution in [1.82, 2.24) is 5.01 Å². The van der Waals surface area contributed by atoms with Crippen LogP contribution in [0.25, 0.3) is 0 Å². The Kier molecular flexibility index (Phi) is 6.16. The van der Waals surface area contributed by atoms with Gasteiger partial charge in [0.15, 0.2) is 0 Å². The van der Waals surface area contributed by atoms with E-state index in [0.717, 1.165) is 11.3 Å². The monoisotopic (exact) mass is 433 g/mol. The quantitative estimate of drug-likeness (QED) is 0.697. The highest BCUT2D eigenvalue weighted by Gasteiger charge is 2.34. The highest BCUT2D eigenvalue weighted by atomic mass is 32.2. The van der Waals surface area contributed by atoms with E-state index < -0.39 is 33.8 Å². The summed E-state index contributed by atoms with van der Waals surface area (Å²) in [6, 6.07) is 11.7. The summed E-state index contributed by atoms with van der Waals surface area (Å²) in [5.41, 5.74) is 1.72. The minimum absolute atomic E-state index is 0.213. The number of carboxylic acids is 1. The Morgan fingerprint density at radius 1 is 1.20 bits per heavy atom. The third-order valence-corrected chi connectivity index (χ3v) is 5.08. The van der Waals surface area contributed by atoms with Gasteiger partial charge in [-0.05, 0) is 23.8 Å². The lowest BCUT2D eigenvalue weighted by molar-refractivity contribution is -0.141. The number of carboxylic acid groups (broad SMARTS) is 1. The molecular weight excluding hydrogens is 413 g/mol. The first-order valence-electron chi connectivity index (χ1n) is 9.08. The average Bonchev–Trinajstić information content (AvgIpc) is 3.10. The number of para-hydroxylation sites is 1. The molecule has 0 radical (unpaired) electrons. The average molecular weight is 433 g/mol. The zero-order chi connectivity index (χ0) is 21.9. The molecule has 158 valence electrons. The molecule has 1 heterocycles. The third-order valence-electron chi connectivity index (χ3n) is 4.49. The highest BCUT2D eigenvalue weighted by Crippen LogP contribution is 2.35. The molecule has 1 aliphatic rings.